The number of carbonyl (C=O) groups is 1. The fraction of sp³-hybridized carbons (Fsp3) is 0.429. The molecule has 4 heteroatoms. The third kappa shape index (κ3) is 2.54. The van der Waals surface area contributed by atoms with Crippen LogP contribution in [0.1, 0.15) is 37.2 Å². The molecule has 1 atom stereocenters. The van der Waals surface area contributed by atoms with Crippen molar-refractivity contribution >= 4 is 17.4 Å². The minimum atomic E-state index is -1.04. The molecule has 1 saturated carbocycles. The van der Waals surface area contributed by atoms with Crippen LogP contribution in [-0.4, -0.2) is 5.78 Å². The summed E-state index contributed by atoms with van der Waals surface area (Å²) >= 11 is 5.67. The van der Waals surface area contributed by atoms with Crippen LogP contribution in [0.25, 0.3) is 0 Å². The van der Waals surface area contributed by atoms with E-state index < -0.39 is 11.7 Å². The van der Waals surface area contributed by atoms with Gasteiger partial charge in [-0.2, -0.15) is 5.26 Å². The second-order valence-electron chi connectivity index (χ2n) is 4.67. The zero-order chi connectivity index (χ0) is 13.1. The highest BCUT2D eigenvalue weighted by molar-refractivity contribution is 6.30. The first kappa shape index (κ1) is 13.0. The van der Waals surface area contributed by atoms with Crippen LogP contribution in [0.15, 0.2) is 18.2 Å². The number of nitriles is 1. The van der Waals surface area contributed by atoms with Gasteiger partial charge in [0.05, 0.1) is 11.1 Å². The lowest BCUT2D eigenvalue weighted by atomic mass is 9.79. The molecule has 2 nitrogen and oxygen atoms in total. The highest BCUT2D eigenvalue weighted by atomic mass is 35.5. The number of rotatable bonds is 4. The van der Waals surface area contributed by atoms with Crippen LogP contribution in [0.4, 0.5) is 4.39 Å². The Morgan fingerprint density at radius 1 is 1.56 bits per heavy atom. The van der Waals surface area contributed by atoms with Crippen molar-refractivity contribution in [3.63, 3.8) is 0 Å². The zero-order valence-electron chi connectivity index (χ0n) is 9.83. The smallest absolute Gasteiger partial charge is 0.154 e. The van der Waals surface area contributed by atoms with Gasteiger partial charge in [-0.05, 0) is 12.0 Å². The quantitative estimate of drug-likeness (QED) is 0.830. The van der Waals surface area contributed by atoms with Crippen LogP contribution in [0.5, 0.6) is 0 Å². The maximum Gasteiger partial charge on any atom is 0.154 e. The van der Waals surface area contributed by atoms with E-state index in [2.05, 4.69) is 0 Å². The summed E-state index contributed by atoms with van der Waals surface area (Å²) in [5.41, 5.74) is 0.0920. The third-order valence-corrected chi connectivity index (χ3v) is 3.75. The lowest BCUT2D eigenvalue weighted by Gasteiger charge is -2.25. The molecule has 1 fully saturated rings. The fourth-order valence-corrected chi connectivity index (χ4v) is 2.34. The Hall–Kier alpha value is -1.40. The van der Waals surface area contributed by atoms with Crippen LogP contribution >= 0.6 is 11.6 Å². The van der Waals surface area contributed by atoms with Gasteiger partial charge in [0.15, 0.2) is 5.78 Å². The Kier molecular flexibility index (Phi) is 3.98. The number of ketones is 1. The molecular weight excluding hydrogens is 253 g/mol. The molecule has 1 aromatic carbocycles. The van der Waals surface area contributed by atoms with Gasteiger partial charge in [0.2, 0.25) is 0 Å². The minimum absolute atomic E-state index is 0.0517. The Morgan fingerprint density at radius 3 is 2.83 bits per heavy atom. The van der Waals surface area contributed by atoms with Gasteiger partial charge in [0, 0.05) is 12.0 Å². The van der Waals surface area contributed by atoms with E-state index >= 15 is 0 Å². The molecule has 0 bridgehead atoms. The number of nitrogens with zero attached hydrogens (tertiary/aromatic N) is 1. The normalized spacial score (nSPS) is 16.7. The van der Waals surface area contributed by atoms with E-state index in [4.69, 9.17) is 16.9 Å². The fourth-order valence-electron chi connectivity index (χ4n) is 2.16. The number of Topliss-reactive ketones (excluding diaryl/α,β-unsaturated/α-hetero) is 1. The standard InChI is InChI=1S/C14H13ClFNO/c15-12-6-2-5-10(14(12)16)11(8-17)13(18)7-9-3-1-4-9/h2,5-6,9,11H,1,3-4,7H2. The van der Waals surface area contributed by atoms with E-state index in [-0.39, 0.29) is 16.4 Å². The summed E-state index contributed by atoms with van der Waals surface area (Å²) < 4.78 is 13.8. The van der Waals surface area contributed by atoms with E-state index in [0.29, 0.717) is 12.3 Å². The van der Waals surface area contributed by atoms with Gasteiger partial charge in [0.1, 0.15) is 11.7 Å². The van der Waals surface area contributed by atoms with Gasteiger partial charge in [0.25, 0.3) is 0 Å². The van der Waals surface area contributed by atoms with Crippen LogP contribution in [0, 0.1) is 23.1 Å². The number of halogens is 2. The van der Waals surface area contributed by atoms with Crippen molar-refractivity contribution in [1.29, 1.82) is 5.26 Å². The predicted octanol–water partition coefficient (Wildman–Crippen LogP) is 3.85. The molecule has 0 N–H and O–H groups in total. The van der Waals surface area contributed by atoms with E-state index in [0.717, 1.165) is 19.3 Å². The van der Waals surface area contributed by atoms with E-state index in [9.17, 15) is 9.18 Å². The molecule has 1 aromatic rings. The maximum absolute atomic E-state index is 13.8. The first-order chi connectivity index (χ1) is 8.63. The van der Waals surface area contributed by atoms with Crippen molar-refractivity contribution in [1.82, 2.24) is 0 Å². The monoisotopic (exact) mass is 265 g/mol. The molecule has 1 aliphatic carbocycles. The molecule has 1 unspecified atom stereocenters. The van der Waals surface area contributed by atoms with Crippen LogP contribution in [0.3, 0.4) is 0 Å². The molecular formula is C14H13ClFNO. The lowest BCUT2D eigenvalue weighted by Crippen LogP contribution is -2.20. The Bertz CT molecular complexity index is 505. The van der Waals surface area contributed by atoms with Crippen LogP contribution in [0.2, 0.25) is 5.02 Å². The SMILES string of the molecule is N#CC(C(=O)CC1CCC1)c1cccc(Cl)c1F. The molecule has 0 heterocycles. The summed E-state index contributed by atoms with van der Waals surface area (Å²) in [6.45, 7) is 0. The molecule has 2 rings (SSSR count). The summed E-state index contributed by atoms with van der Waals surface area (Å²) in [7, 11) is 0. The Balaban J connectivity index is 2.19. The summed E-state index contributed by atoms with van der Waals surface area (Å²) in [6.07, 6.45) is 3.56. The van der Waals surface area contributed by atoms with Gasteiger partial charge >= 0.3 is 0 Å². The van der Waals surface area contributed by atoms with Crippen LogP contribution in [-0.2, 0) is 4.79 Å². The number of hydrogen-bond donors (Lipinski definition) is 0. The molecule has 0 amide bonds. The van der Waals surface area contributed by atoms with Crippen molar-refractivity contribution in [2.45, 2.75) is 31.6 Å². The molecule has 0 aliphatic heterocycles. The molecule has 1 aliphatic rings. The second kappa shape index (κ2) is 5.49. The molecule has 0 radical (unpaired) electrons. The molecule has 0 spiro atoms. The highest BCUT2D eigenvalue weighted by Gasteiger charge is 2.28. The van der Waals surface area contributed by atoms with Crippen molar-refractivity contribution in [3.05, 3.63) is 34.6 Å². The summed E-state index contributed by atoms with van der Waals surface area (Å²) in [6, 6.07) is 6.31. The van der Waals surface area contributed by atoms with Crippen LogP contribution < -0.4 is 0 Å². The third-order valence-electron chi connectivity index (χ3n) is 3.46. The molecule has 0 saturated heterocycles. The summed E-state index contributed by atoms with van der Waals surface area (Å²) in [5.74, 6) is -1.53. The van der Waals surface area contributed by atoms with Crippen molar-refractivity contribution in [2.24, 2.45) is 5.92 Å². The first-order valence-corrected chi connectivity index (χ1v) is 6.37. The van der Waals surface area contributed by atoms with E-state index in [1.807, 2.05) is 6.07 Å². The molecule has 0 aromatic heterocycles. The number of benzene rings is 1. The largest absolute Gasteiger partial charge is 0.298 e. The average Bonchev–Trinajstić information content (AvgIpc) is 2.30. The minimum Gasteiger partial charge on any atom is -0.298 e. The first-order valence-electron chi connectivity index (χ1n) is 5.99. The lowest BCUT2D eigenvalue weighted by molar-refractivity contribution is -0.120. The van der Waals surface area contributed by atoms with Gasteiger partial charge < -0.3 is 0 Å². The van der Waals surface area contributed by atoms with E-state index in [1.54, 1.807) is 6.07 Å². The Labute approximate surface area is 110 Å². The highest BCUT2D eigenvalue weighted by Crippen LogP contribution is 2.33. The summed E-state index contributed by atoms with van der Waals surface area (Å²) in [5, 5.41) is 9.04. The summed E-state index contributed by atoms with van der Waals surface area (Å²) in [4.78, 5) is 12.0. The maximum atomic E-state index is 13.8. The topological polar surface area (TPSA) is 40.9 Å². The molecule has 18 heavy (non-hydrogen) atoms. The van der Waals surface area contributed by atoms with Crippen molar-refractivity contribution in [2.75, 3.05) is 0 Å². The number of hydrogen-bond acceptors (Lipinski definition) is 2. The van der Waals surface area contributed by atoms with Gasteiger partial charge in [-0.1, -0.05) is 43.0 Å². The van der Waals surface area contributed by atoms with Gasteiger partial charge in [-0.25, -0.2) is 4.39 Å². The van der Waals surface area contributed by atoms with Gasteiger partial charge in [-0.3, -0.25) is 4.79 Å². The Morgan fingerprint density at radius 2 is 2.28 bits per heavy atom. The van der Waals surface area contributed by atoms with Crippen molar-refractivity contribution in [3.8, 4) is 6.07 Å². The predicted molar refractivity (Wildman–Crippen MR) is 66.7 cm³/mol. The van der Waals surface area contributed by atoms with E-state index in [1.165, 1.54) is 12.1 Å². The number of carbonyl (C=O) groups excluding carboxylic acids is 1. The van der Waals surface area contributed by atoms with Gasteiger partial charge in [-0.15, -0.1) is 0 Å². The zero-order valence-corrected chi connectivity index (χ0v) is 10.6. The van der Waals surface area contributed by atoms with Crippen molar-refractivity contribution < 1.29 is 9.18 Å². The average molecular weight is 266 g/mol. The molecule has 94 valence electrons. The second-order valence-corrected chi connectivity index (χ2v) is 5.08.